The minimum Gasteiger partial charge on any atom is -0.364 e. The first-order chi connectivity index (χ1) is 14.6. The molecule has 1 unspecified atom stereocenters. The molecule has 156 valence electrons. The van der Waals surface area contributed by atoms with Gasteiger partial charge in [0.25, 0.3) is 0 Å². The number of hydrogen-bond donors (Lipinski definition) is 1. The molecule has 5 rings (SSSR count). The van der Waals surface area contributed by atoms with Crippen LogP contribution in [-0.4, -0.2) is 46.1 Å². The fraction of sp³-hybridized carbons (Fsp3) is 0.417. The van der Waals surface area contributed by atoms with Gasteiger partial charge >= 0.3 is 0 Å². The van der Waals surface area contributed by atoms with Crippen LogP contribution in [0.5, 0.6) is 0 Å². The molecule has 3 atom stereocenters. The van der Waals surface area contributed by atoms with Gasteiger partial charge in [-0.15, -0.1) is 11.3 Å². The van der Waals surface area contributed by atoms with Gasteiger partial charge in [-0.2, -0.15) is 0 Å². The van der Waals surface area contributed by atoms with E-state index in [1.807, 2.05) is 18.3 Å². The zero-order valence-electron chi connectivity index (χ0n) is 17.8. The third-order valence-corrected chi connectivity index (χ3v) is 7.28. The van der Waals surface area contributed by atoms with Crippen molar-refractivity contribution < 1.29 is 0 Å². The molecule has 0 aliphatic carbocycles. The van der Waals surface area contributed by atoms with Crippen molar-refractivity contribution in [2.24, 2.45) is 0 Å². The molecule has 2 aromatic heterocycles. The van der Waals surface area contributed by atoms with Crippen LogP contribution in [0, 0.1) is 0 Å². The molecule has 5 nitrogen and oxygen atoms in total. The number of piperazine rings is 1. The van der Waals surface area contributed by atoms with E-state index in [1.165, 1.54) is 12.0 Å². The lowest BCUT2D eigenvalue weighted by molar-refractivity contribution is 0.191. The SMILES string of the molecule is CC(Nc1cc(-c2csc(N3C[C@@H]4C[C@H]3CN4C(C)C)n2)ccn1)c1ccccc1. The van der Waals surface area contributed by atoms with Crippen LogP contribution in [0.3, 0.4) is 0 Å². The Kier molecular flexibility index (Phi) is 5.21. The lowest BCUT2D eigenvalue weighted by Crippen LogP contribution is -2.48. The Morgan fingerprint density at radius 1 is 1.07 bits per heavy atom. The number of anilines is 2. The molecule has 0 radical (unpaired) electrons. The second kappa shape index (κ2) is 8.00. The van der Waals surface area contributed by atoms with Crippen molar-refractivity contribution >= 4 is 22.3 Å². The first-order valence-corrected chi connectivity index (χ1v) is 11.7. The highest BCUT2D eigenvalue weighted by Crippen LogP contribution is 2.38. The summed E-state index contributed by atoms with van der Waals surface area (Å²) >= 11 is 1.76. The van der Waals surface area contributed by atoms with E-state index in [0.29, 0.717) is 18.1 Å². The van der Waals surface area contributed by atoms with Gasteiger partial charge in [-0.25, -0.2) is 9.97 Å². The molecule has 0 saturated carbocycles. The van der Waals surface area contributed by atoms with Crippen LogP contribution in [0.1, 0.15) is 38.8 Å². The molecule has 0 spiro atoms. The number of nitrogens with one attached hydrogen (secondary N) is 1. The van der Waals surface area contributed by atoms with E-state index >= 15 is 0 Å². The Balaban J connectivity index is 1.30. The van der Waals surface area contributed by atoms with Crippen molar-refractivity contribution in [3.05, 3.63) is 59.6 Å². The largest absolute Gasteiger partial charge is 0.364 e. The smallest absolute Gasteiger partial charge is 0.186 e. The monoisotopic (exact) mass is 419 g/mol. The molecular formula is C24H29N5S. The normalized spacial score (nSPS) is 22.1. The second-order valence-corrected chi connectivity index (χ2v) is 9.54. The highest BCUT2D eigenvalue weighted by Gasteiger charge is 2.44. The predicted molar refractivity (Wildman–Crippen MR) is 125 cm³/mol. The van der Waals surface area contributed by atoms with Crippen LogP contribution in [-0.2, 0) is 0 Å². The number of nitrogens with zero attached hydrogens (tertiary/aromatic N) is 4. The Morgan fingerprint density at radius 2 is 1.90 bits per heavy atom. The summed E-state index contributed by atoms with van der Waals surface area (Å²) in [7, 11) is 0. The Bertz CT molecular complexity index is 1000. The first-order valence-electron chi connectivity index (χ1n) is 10.8. The first kappa shape index (κ1) is 19.5. The van der Waals surface area contributed by atoms with E-state index in [1.54, 1.807) is 11.3 Å². The van der Waals surface area contributed by atoms with Crippen molar-refractivity contribution in [2.75, 3.05) is 23.3 Å². The molecule has 2 bridgehead atoms. The van der Waals surface area contributed by atoms with Gasteiger partial charge < -0.3 is 10.2 Å². The molecule has 2 aliphatic rings. The van der Waals surface area contributed by atoms with Crippen molar-refractivity contribution in [3.8, 4) is 11.3 Å². The van der Waals surface area contributed by atoms with Crippen LogP contribution < -0.4 is 10.2 Å². The minimum atomic E-state index is 0.198. The molecular weight excluding hydrogens is 390 g/mol. The van der Waals surface area contributed by atoms with E-state index in [9.17, 15) is 0 Å². The van der Waals surface area contributed by atoms with Crippen LogP contribution in [0.15, 0.2) is 54.0 Å². The van der Waals surface area contributed by atoms with Crippen molar-refractivity contribution in [2.45, 2.75) is 51.4 Å². The van der Waals surface area contributed by atoms with Crippen LogP contribution >= 0.6 is 11.3 Å². The number of likely N-dealkylation sites (tertiary alicyclic amines) is 1. The van der Waals surface area contributed by atoms with Gasteiger partial charge in [-0.1, -0.05) is 30.3 Å². The van der Waals surface area contributed by atoms with Gasteiger partial charge in [0.1, 0.15) is 5.82 Å². The third-order valence-electron chi connectivity index (χ3n) is 6.40. The van der Waals surface area contributed by atoms with Crippen molar-refractivity contribution in [1.82, 2.24) is 14.9 Å². The number of rotatable bonds is 6. The van der Waals surface area contributed by atoms with Gasteiger partial charge in [0.05, 0.1) is 5.69 Å². The summed E-state index contributed by atoms with van der Waals surface area (Å²) in [5.41, 5.74) is 3.40. The number of pyridine rings is 1. The highest BCUT2D eigenvalue weighted by atomic mass is 32.1. The molecule has 3 aromatic rings. The molecule has 0 amide bonds. The maximum absolute atomic E-state index is 5.00. The zero-order valence-corrected chi connectivity index (χ0v) is 18.6. The lowest BCUT2D eigenvalue weighted by Gasteiger charge is -2.36. The molecule has 4 heterocycles. The number of hydrogen-bond acceptors (Lipinski definition) is 6. The van der Waals surface area contributed by atoms with E-state index in [-0.39, 0.29) is 6.04 Å². The van der Waals surface area contributed by atoms with Crippen LogP contribution in [0.4, 0.5) is 10.9 Å². The number of aromatic nitrogens is 2. The summed E-state index contributed by atoms with van der Waals surface area (Å²) in [6, 6.07) is 16.7. The van der Waals surface area contributed by atoms with Gasteiger partial charge in [0.2, 0.25) is 0 Å². The maximum Gasteiger partial charge on any atom is 0.186 e. The zero-order chi connectivity index (χ0) is 20.7. The summed E-state index contributed by atoms with van der Waals surface area (Å²) in [6.07, 6.45) is 3.14. The van der Waals surface area contributed by atoms with Gasteiger partial charge in [0.15, 0.2) is 5.13 Å². The molecule has 2 saturated heterocycles. The highest BCUT2D eigenvalue weighted by molar-refractivity contribution is 7.14. The fourth-order valence-corrected chi connectivity index (χ4v) is 5.72. The van der Waals surface area contributed by atoms with E-state index in [4.69, 9.17) is 4.98 Å². The molecule has 1 N–H and O–H groups in total. The molecule has 2 aliphatic heterocycles. The van der Waals surface area contributed by atoms with E-state index in [2.05, 4.69) is 76.6 Å². The van der Waals surface area contributed by atoms with E-state index in [0.717, 1.165) is 35.3 Å². The molecule has 1 aromatic carbocycles. The Morgan fingerprint density at radius 3 is 2.63 bits per heavy atom. The van der Waals surface area contributed by atoms with Gasteiger partial charge in [-0.05, 0) is 44.9 Å². The third kappa shape index (κ3) is 3.70. The second-order valence-electron chi connectivity index (χ2n) is 8.71. The summed E-state index contributed by atoms with van der Waals surface area (Å²) in [5, 5.41) is 6.86. The predicted octanol–water partition coefficient (Wildman–Crippen LogP) is 5.05. The van der Waals surface area contributed by atoms with Crippen molar-refractivity contribution in [3.63, 3.8) is 0 Å². The summed E-state index contributed by atoms with van der Waals surface area (Å²) in [4.78, 5) is 14.7. The molecule has 2 fully saturated rings. The summed E-state index contributed by atoms with van der Waals surface area (Å²) in [5.74, 6) is 0.881. The van der Waals surface area contributed by atoms with Gasteiger partial charge in [-0.3, -0.25) is 4.90 Å². The Hall–Kier alpha value is -2.44. The number of fused-ring (bicyclic) bond motifs is 2. The topological polar surface area (TPSA) is 44.3 Å². The Labute approximate surface area is 182 Å². The van der Waals surface area contributed by atoms with Crippen LogP contribution in [0.25, 0.3) is 11.3 Å². The summed E-state index contributed by atoms with van der Waals surface area (Å²) < 4.78 is 0. The maximum atomic E-state index is 5.00. The quantitative estimate of drug-likeness (QED) is 0.606. The standard InChI is InChI=1S/C24H29N5S/c1-16(2)28-13-21-12-20(28)14-29(21)24-27-22(15-30-24)19-9-10-25-23(11-19)26-17(3)18-7-5-4-6-8-18/h4-11,15-17,20-21H,12-14H2,1-3H3,(H,25,26)/t17?,20-,21-/m0/s1. The lowest BCUT2D eigenvalue weighted by atomic mass is 10.1. The molecule has 30 heavy (non-hydrogen) atoms. The van der Waals surface area contributed by atoms with Crippen molar-refractivity contribution in [1.29, 1.82) is 0 Å². The van der Waals surface area contributed by atoms with Gasteiger partial charge in [0, 0.05) is 54.4 Å². The minimum absolute atomic E-state index is 0.198. The number of thiazole rings is 1. The average Bonchev–Trinajstić information content (AvgIpc) is 3.50. The summed E-state index contributed by atoms with van der Waals surface area (Å²) in [6.45, 7) is 9.04. The van der Waals surface area contributed by atoms with Crippen LogP contribution in [0.2, 0.25) is 0 Å². The van der Waals surface area contributed by atoms with E-state index < -0.39 is 0 Å². The fourth-order valence-electron chi connectivity index (χ4n) is 4.81. The number of benzene rings is 1. The molecule has 6 heteroatoms. The average molecular weight is 420 g/mol.